The molecule has 1 rings (SSSR count). The number of carboxylic acid groups (broad SMARTS) is 1. The van der Waals surface area contributed by atoms with Crippen LogP contribution >= 0.6 is 0 Å². The van der Waals surface area contributed by atoms with Gasteiger partial charge >= 0.3 is 5.97 Å². The van der Waals surface area contributed by atoms with Crippen molar-refractivity contribution in [1.29, 1.82) is 0 Å². The van der Waals surface area contributed by atoms with Crippen molar-refractivity contribution in [2.45, 2.75) is 38.8 Å². The van der Waals surface area contributed by atoms with Gasteiger partial charge in [-0.05, 0) is 36.6 Å². The molecule has 0 aliphatic carbocycles. The van der Waals surface area contributed by atoms with Crippen molar-refractivity contribution in [2.75, 3.05) is 13.7 Å². The van der Waals surface area contributed by atoms with Gasteiger partial charge < -0.3 is 20.3 Å². The average molecular weight is 295 g/mol. The molecule has 5 nitrogen and oxygen atoms in total. The summed E-state index contributed by atoms with van der Waals surface area (Å²) in [5, 5.41) is 22.5. The summed E-state index contributed by atoms with van der Waals surface area (Å²) in [5.74, 6) is 0.305. The van der Waals surface area contributed by atoms with E-state index in [1.165, 1.54) is 0 Å². The van der Waals surface area contributed by atoms with Crippen molar-refractivity contribution in [3.63, 3.8) is 0 Å². The van der Waals surface area contributed by atoms with Crippen LogP contribution in [0.15, 0.2) is 24.3 Å². The molecule has 0 aliphatic heterocycles. The number of carboxylic acids is 1. The third kappa shape index (κ3) is 6.14. The van der Waals surface area contributed by atoms with E-state index >= 15 is 0 Å². The Morgan fingerprint density at radius 1 is 1.29 bits per heavy atom. The molecule has 0 spiro atoms. The van der Waals surface area contributed by atoms with Gasteiger partial charge in [-0.3, -0.25) is 4.79 Å². The van der Waals surface area contributed by atoms with Crippen LogP contribution in [0, 0.1) is 5.92 Å². The minimum Gasteiger partial charge on any atom is -0.497 e. The van der Waals surface area contributed by atoms with Gasteiger partial charge in [0.1, 0.15) is 5.75 Å². The van der Waals surface area contributed by atoms with Crippen molar-refractivity contribution >= 4 is 5.97 Å². The smallest absolute Gasteiger partial charge is 0.305 e. The number of benzene rings is 1. The van der Waals surface area contributed by atoms with Gasteiger partial charge in [0.15, 0.2) is 0 Å². The van der Waals surface area contributed by atoms with Crippen LogP contribution in [0.3, 0.4) is 0 Å². The number of ether oxygens (including phenoxy) is 1. The van der Waals surface area contributed by atoms with Crippen molar-refractivity contribution < 1.29 is 19.7 Å². The zero-order valence-corrected chi connectivity index (χ0v) is 12.9. The second-order valence-electron chi connectivity index (χ2n) is 5.56. The molecule has 118 valence electrons. The Kier molecular flexibility index (Phi) is 7.19. The lowest BCUT2D eigenvalue weighted by atomic mass is 9.99. The monoisotopic (exact) mass is 295 g/mol. The van der Waals surface area contributed by atoms with E-state index in [-0.39, 0.29) is 6.42 Å². The number of methoxy groups -OCH3 is 1. The van der Waals surface area contributed by atoms with Crippen LogP contribution in [-0.2, 0) is 4.79 Å². The van der Waals surface area contributed by atoms with Gasteiger partial charge in [-0.15, -0.1) is 0 Å². The molecule has 21 heavy (non-hydrogen) atoms. The highest BCUT2D eigenvalue weighted by Gasteiger charge is 2.23. The molecule has 0 saturated heterocycles. The Morgan fingerprint density at radius 2 is 1.90 bits per heavy atom. The summed E-state index contributed by atoms with van der Waals surface area (Å²) in [7, 11) is 1.58. The van der Waals surface area contributed by atoms with Crippen molar-refractivity contribution in [3.8, 4) is 5.75 Å². The Labute approximate surface area is 125 Å². The van der Waals surface area contributed by atoms with Crippen LogP contribution in [0.1, 0.15) is 38.4 Å². The van der Waals surface area contributed by atoms with Crippen LogP contribution in [0.5, 0.6) is 5.75 Å². The molecule has 0 bridgehead atoms. The quantitative estimate of drug-likeness (QED) is 0.651. The molecule has 0 aliphatic rings. The summed E-state index contributed by atoms with van der Waals surface area (Å²) in [6.45, 7) is 4.89. The van der Waals surface area contributed by atoms with E-state index in [1.807, 2.05) is 0 Å². The first-order chi connectivity index (χ1) is 9.93. The van der Waals surface area contributed by atoms with Gasteiger partial charge in [-0.2, -0.15) is 0 Å². The van der Waals surface area contributed by atoms with E-state index in [1.54, 1.807) is 31.4 Å². The number of aliphatic hydroxyl groups is 1. The first-order valence-electron chi connectivity index (χ1n) is 7.21. The van der Waals surface area contributed by atoms with Gasteiger partial charge in [0.2, 0.25) is 0 Å². The first-order valence-corrected chi connectivity index (χ1v) is 7.21. The third-order valence-electron chi connectivity index (χ3n) is 3.36. The van der Waals surface area contributed by atoms with Crippen molar-refractivity contribution in [3.05, 3.63) is 29.8 Å². The molecular formula is C16H25NO4. The third-order valence-corrected chi connectivity index (χ3v) is 3.36. The summed E-state index contributed by atoms with van der Waals surface area (Å²) in [4.78, 5) is 11.0. The van der Waals surface area contributed by atoms with E-state index in [9.17, 15) is 9.90 Å². The molecule has 0 saturated carbocycles. The lowest BCUT2D eigenvalue weighted by Crippen LogP contribution is -2.37. The molecule has 3 N–H and O–H groups in total. The summed E-state index contributed by atoms with van der Waals surface area (Å²) < 4.78 is 5.07. The molecule has 0 fully saturated rings. The summed E-state index contributed by atoms with van der Waals surface area (Å²) in [5.41, 5.74) is 0.680. The van der Waals surface area contributed by atoms with Crippen LogP contribution in [0.25, 0.3) is 0 Å². The topological polar surface area (TPSA) is 78.8 Å². The molecule has 2 atom stereocenters. The predicted octanol–water partition coefficient (Wildman–Crippen LogP) is 2.21. The Morgan fingerprint density at radius 3 is 2.38 bits per heavy atom. The Balaban J connectivity index is 2.72. The normalized spacial score (nSPS) is 14.0. The van der Waals surface area contributed by atoms with E-state index in [2.05, 4.69) is 19.2 Å². The molecule has 5 heteroatoms. The van der Waals surface area contributed by atoms with E-state index in [0.717, 1.165) is 6.42 Å². The summed E-state index contributed by atoms with van der Waals surface area (Å²) in [6.07, 6.45) is -0.0457. The highest BCUT2D eigenvalue weighted by molar-refractivity contribution is 5.67. The SMILES string of the molecule is COc1ccc(C(O)C(CC(=O)O)NCCC(C)C)cc1. The standard InChI is InChI=1S/C16H25NO4/c1-11(2)8-9-17-14(10-15(18)19)16(20)12-4-6-13(21-3)7-5-12/h4-7,11,14,16-17,20H,8-10H2,1-3H3,(H,18,19). The number of aliphatic hydroxyl groups excluding tert-OH is 1. The fraction of sp³-hybridized carbons (Fsp3) is 0.562. The maximum atomic E-state index is 11.0. The Hall–Kier alpha value is -1.59. The number of carbonyl (C=O) groups is 1. The largest absolute Gasteiger partial charge is 0.497 e. The first kappa shape index (κ1) is 17.5. The van der Waals surface area contributed by atoms with Crippen molar-refractivity contribution in [1.82, 2.24) is 5.32 Å². The molecule has 1 aromatic rings. The molecule has 1 aromatic carbocycles. The molecule has 0 radical (unpaired) electrons. The van der Waals surface area contributed by atoms with Crippen LogP contribution in [-0.4, -0.2) is 35.9 Å². The second-order valence-corrected chi connectivity index (χ2v) is 5.56. The van der Waals surface area contributed by atoms with Crippen LogP contribution in [0.2, 0.25) is 0 Å². The zero-order valence-electron chi connectivity index (χ0n) is 12.9. The lowest BCUT2D eigenvalue weighted by Gasteiger charge is -2.24. The molecule has 2 unspecified atom stereocenters. The molecular weight excluding hydrogens is 270 g/mol. The van der Waals surface area contributed by atoms with Gasteiger partial charge in [-0.1, -0.05) is 26.0 Å². The minimum absolute atomic E-state index is 0.120. The maximum absolute atomic E-state index is 11.0. The fourth-order valence-electron chi connectivity index (χ4n) is 2.07. The predicted molar refractivity (Wildman–Crippen MR) is 81.5 cm³/mol. The highest BCUT2D eigenvalue weighted by atomic mass is 16.5. The summed E-state index contributed by atoms with van der Waals surface area (Å²) >= 11 is 0. The summed E-state index contributed by atoms with van der Waals surface area (Å²) in [6, 6.07) is 6.51. The minimum atomic E-state index is -0.926. The highest BCUT2D eigenvalue weighted by Crippen LogP contribution is 2.22. The molecule has 0 amide bonds. The van der Waals surface area contributed by atoms with Gasteiger partial charge in [-0.25, -0.2) is 0 Å². The fourth-order valence-corrected chi connectivity index (χ4v) is 2.07. The number of hydrogen-bond donors (Lipinski definition) is 3. The maximum Gasteiger partial charge on any atom is 0.305 e. The van der Waals surface area contributed by atoms with E-state index < -0.39 is 18.1 Å². The van der Waals surface area contributed by atoms with Crippen LogP contribution < -0.4 is 10.1 Å². The van der Waals surface area contributed by atoms with Crippen LogP contribution in [0.4, 0.5) is 0 Å². The zero-order chi connectivity index (χ0) is 15.8. The van der Waals surface area contributed by atoms with E-state index in [0.29, 0.717) is 23.8 Å². The Bertz CT molecular complexity index is 430. The van der Waals surface area contributed by atoms with E-state index in [4.69, 9.17) is 9.84 Å². The number of rotatable bonds is 9. The van der Waals surface area contributed by atoms with Gasteiger partial charge in [0.05, 0.1) is 19.6 Å². The molecule has 0 aromatic heterocycles. The second kappa shape index (κ2) is 8.64. The average Bonchev–Trinajstić information content (AvgIpc) is 2.45. The number of nitrogens with one attached hydrogen (secondary N) is 1. The number of hydrogen-bond acceptors (Lipinski definition) is 4. The van der Waals surface area contributed by atoms with Gasteiger partial charge in [0.25, 0.3) is 0 Å². The number of aliphatic carboxylic acids is 1. The van der Waals surface area contributed by atoms with Crippen molar-refractivity contribution in [2.24, 2.45) is 5.92 Å². The molecule has 0 heterocycles. The lowest BCUT2D eigenvalue weighted by molar-refractivity contribution is -0.138. The van der Waals surface area contributed by atoms with Gasteiger partial charge in [0, 0.05) is 6.04 Å².